The van der Waals surface area contributed by atoms with E-state index in [9.17, 15) is 0 Å². The first-order chi connectivity index (χ1) is 9.02. The third-order valence-corrected chi connectivity index (χ3v) is 3.39. The summed E-state index contributed by atoms with van der Waals surface area (Å²) in [5, 5.41) is 0. The largest absolute Gasteiger partial charge is 0.456 e. The molecule has 0 saturated carbocycles. The van der Waals surface area contributed by atoms with Gasteiger partial charge in [0.25, 0.3) is 0 Å². The monoisotopic (exact) mass is 256 g/mol. The van der Waals surface area contributed by atoms with Crippen LogP contribution < -0.4 is 10.5 Å². The van der Waals surface area contributed by atoms with Crippen LogP contribution in [0.1, 0.15) is 27.9 Å². The molecule has 0 atom stereocenters. The number of benzene rings is 1. The van der Waals surface area contributed by atoms with Crippen molar-refractivity contribution >= 4 is 0 Å². The number of nitrogens with two attached hydrogens (primary N) is 1. The molecule has 0 radical (unpaired) electrons. The third-order valence-electron chi connectivity index (χ3n) is 3.39. The van der Waals surface area contributed by atoms with Gasteiger partial charge in [0.15, 0.2) is 0 Å². The van der Waals surface area contributed by atoms with Crippen molar-refractivity contribution in [3.05, 3.63) is 52.3 Å². The first kappa shape index (κ1) is 13.6. The van der Waals surface area contributed by atoms with E-state index in [1.807, 2.05) is 13.0 Å². The first-order valence-corrected chi connectivity index (χ1v) is 6.43. The summed E-state index contributed by atoms with van der Waals surface area (Å²) in [5.74, 6) is 1.71. The number of rotatable bonds is 3. The highest BCUT2D eigenvalue weighted by atomic mass is 16.5. The van der Waals surface area contributed by atoms with Crippen LogP contribution >= 0.6 is 0 Å². The maximum atomic E-state index is 6.10. The van der Waals surface area contributed by atoms with E-state index in [-0.39, 0.29) is 0 Å². The molecule has 2 N–H and O–H groups in total. The minimum absolute atomic E-state index is 0.423. The molecule has 3 heteroatoms. The van der Waals surface area contributed by atoms with Gasteiger partial charge in [0.2, 0.25) is 0 Å². The fourth-order valence-corrected chi connectivity index (χ4v) is 2.00. The second-order valence-corrected chi connectivity index (χ2v) is 4.89. The lowest BCUT2D eigenvalue weighted by Crippen LogP contribution is -2.02. The Balaban J connectivity index is 2.47. The van der Waals surface area contributed by atoms with Crippen LogP contribution in [0.4, 0.5) is 0 Å². The zero-order valence-corrected chi connectivity index (χ0v) is 11.9. The molecule has 2 rings (SSSR count). The van der Waals surface area contributed by atoms with E-state index in [0.717, 1.165) is 33.9 Å². The zero-order valence-electron chi connectivity index (χ0n) is 11.9. The molecule has 1 aromatic carbocycles. The van der Waals surface area contributed by atoms with Crippen LogP contribution in [-0.4, -0.2) is 4.98 Å². The van der Waals surface area contributed by atoms with E-state index in [1.54, 1.807) is 6.20 Å². The minimum Gasteiger partial charge on any atom is -0.456 e. The molecule has 0 amide bonds. The Kier molecular flexibility index (Phi) is 3.86. The second kappa shape index (κ2) is 5.41. The molecule has 0 aliphatic rings. The van der Waals surface area contributed by atoms with Crippen LogP contribution in [0, 0.1) is 27.7 Å². The van der Waals surface area contributed by atoms with E-state index in [0.29, 0.717) is 6.54 Å². The number of hydrogen-bond acceptors (Lipinski definition) is 3. The number of nitrogens with zero attached hydrogens (tertiary/aromatic N) is 1. The van der Waals surface area contributed by atoms with Crippen LogP contribution in [0.25, 0.3) is 0 Å². The number of aromatic nitrogens is 1. The van der Waals surface area contributed by atoms with Crippen molar-refractivity contribution in [2.45, 2.75) is 34.2 Å². The lowest BCUT2D eigenvalue weighted by Gasteiger charge is -2.16. The molecule has 1 heterocycles. The van der Waals surface area contributed by atoms with Crippen molar-refractivity contribution in [2.75, 3.05) is 0 Å². The topological polar surface area (TPSA) is 48.1 Å². The van der Waals surface area contributed by atoms with E-state index >= 15 is 0 Å². The molecular formula is C16H20N2O. The van der Waals surface area contributed by atoms with E-state index < -0.39 is 0 Å². The van der Waals surface area contributed by atoms with Crippen molar-refractivity contribution in [1.82, 2.24) is 4.98 Å². The SMILES string of the molecule is Cc1cc(Oc2c(C)ccc(C)c2C)c(CN)cn1. The molecule has 0 fully saturated rings. The summed E-state index contributed by atoms with van der Waals surface area (Å²) in [4.78, 5) is 4.25. The Bertz CT molecular complexity index is 606. The molecule has 1 aromatic heterocycles. The summed E-state index contributed by atoms with van der Waals surface area (Å²) in [6.45, 7) is 8.59. The Morgan fingerprint density at radius 1 is 1.11 bits per heavy atom. The fraction of sp³-hybridized carbons (Fsp3) is 0.312. The normalized spacial score (nSPS) is 10.6. The van der Waals surface area contributed by atoms with Gasteiger partial charge in [-0.05, 0) is 44.4 Å². The Morgan fingerprint density at radius 3 is 2.47 bits per heavy atom. The summed E-state index contributed by atoms with van der Waals surface area (Å²) in [6, 6.07) is 6.12. The molecule has 19 heavy (non-hydrogen) atoms. The predicted molar refractivity (Wildman–Crippen MR) is 77.6 cm³/mol. The maximum Gasteiger partial charge on any atom is 0.135 e. The summed E-state index contributed by atoms with van der Waals surface area (Å²) in [7, 11) is 0. The third kappa shape index (κ3) is 2.76. The molecule has 100 valence electrons. The van der Waals surface area contributed by atoms with Gasteiger partial charge in [-0.25, -0.2) is 0 Å². The summed E-state index contributed by atoms with van der Waals surface area (Å²) < 4.78 is 6.10. The smallest absolute Gasteiger partial charge is 0.135 e. The van der Waals surface area contributed by atoms with Gasteiger partial charge in [0.05, 0.1) is 0 Å². The van der Waals surface area contributed by atoms with Gasteiger partial charge >= 0.3 is 0 Å². The molecule has 0 bridgehead atoms. The quantitative estimate of drug-likeness (QED) is 0.913. The van der Waals surface area contributed by atoms with Gasteiger partial charge in [-0.15, -0.1) is 0 Å². The molecule has 0 aliphatic heterocycles. The number of ether oxygens (including phenoxy) is 1. The molecule has 0 aliphatic carbocycles. The van der Waals surface area contributed by atoms with E-state index in [1.165, 1.54) is 5.56 Å². The van der Waals surface area contributed by atoms with Crippen molar-refractivity contribution in [2.24, 2.45) is 5.73 Å². The van der Waals surface area contributed by atoms with Gasteiger partial charge in [-0.3, -0.25) is 4.98 Å². The summed E-state index contributed by atoms with van der Waals surface area (Å²) in [6.07, 6.45) is 1.78. The van der Waals surface area contributed by atoms with Gasteiger partial charge < -0.3 is 10.5 Å². The van der Waals surface area contributed by atoms with Crippen LogP contribution in [0.2, 0.25) is 0 Å². The molecule has 2 aromatic rings. The highest BCUT2D eigenvalue weighted by molar-refractivity contribution is 5.48. The van der Waals surface area contributed by atoms with Crippen molar-refractivity contribution < 1.29 is 4.74 Å². The van der Waals surface area contributed by atoms with Gasteiger partial charge in [-0.2, -0.15) is 0 Å². The number of aryl methyl sites for hydroxylation is 3. The predicted octanol–water partition coefficient (Wildman–Crippen LogP) is 3.57. The van der Waals surface area contributed by atoms with Crippen LogP contribution in [0.3, 0.4) is 0 Å². The lowest BCUT2D eigenvalue weighted by molar-refractivity contribution is 0.467. The molecule has 0 spiro atoms. The van der Waals surface area contributed by atoms with Crippen molar-refractivity contribution in [1.29, 1.82) is 0 Å². The van der Waals surface area contributed by atoms with E-state index in [2.05, 4.69) is 37.9 Å². The second-order valence-electron chi connectivity index (χ2n) is 4.89. The highest BCUT2D eigenvalue weighted by Gasteiger charge is 2.10. The molecule has 0 saturated heterocycles. The van der Waals surface area contributed by atoms with Crippen LogP contribution in [-0.2, 0) is 6.54 Å². The first-order valence-electron chi connectivity index (χ1n) is 6.43. The Morgan fingerprint density at radius 2 is 1.79 bits per heavy atom. The van der Waals surface area contributed by atoms with Gasteiger partial charge in [-0.1, -0.05) is 12.1 Å². The average Bonchev–Trinajstić information content (AvgIpc) is 2.39. The highest BCUT2D eigenvalue weighted by Crippen LogP contribution is 2.32. The minimum atomic E-state index is 0.423. The molecule has 3 nitrogen and oxygen atoms in total. The number of pyridine rings is 1. The Hall–Kier alpha value is -1.87. The molecular weight excluding hydrogens is 236 g/mol. The summed E-state index contributed by atoms with van der Waals surface area (Å²) >= 11 is 0. The van der Waals surface area contributed by atoms with Crippen LogP contribution in [0.5, 0.6) is 11.5 Å². The van der Waals surface area contributed by atoms with Gasteiger partial charge in [0.1, 0.15) is 11.5 Å². The molecule has 0 unspecified atom stereocenters. The van der Waals surface area contributed by atoms with Crippen molar-refractivity contribution in [3.63, 3.8) is 0 Å². The lowest BCUT2D eigenvalue weighted by atomic mass is 10.1. The Labute approximate surface area is 114 Å². The summed E-state index contributed by atoms with van der Waals surface area (Å²) in [5.41, 5.74) is 11.1. The number of hydrogen-bond donors (Lipinski definition) is 1. The van der Waals surface area contributed by atoms with E-state index in [4.69, 9.17) is 10.5 Å². The zero-order chi connectivity index (χ0) is 14.0. The maximum absolute atomic E-state index is 6.10. The van der Waals surface area contributed by atoms with Crippen LogP contribution in [0.15, 0.2) is 24.4 Å². The standard InChI is InChI=1S/C16H20N2O/c1-10-5-6-11(2)16(13(10)4)19-15-7-12(3)18-9-14(15)8-17/h5-7,9H,8,17H2,1-4H3. The average molecular weight is 256 g/mol. The van der Waals surface area contributed by atoms with Crippen molar-refractivity contribution in [3.8, 4) is 11.5 Å². The fourth-order valence-electron chi connectivity index (χ4n) is 2.00. The van der Waals surface area contributed by atoms with Gasteiger partial charge in [0, 0.05) is 30.1 Å².